The van der Waals surface area contributed by atoms with E-state index in [0.29, 0.717) is 6.54 Å². The van der Waals surface area contributed by atoms with Gasteiger partial charge in [-0.25, -0.2) is 4.98 Å². The highest BCUT2D eigenvalue weighted by Gasteiger charge is 2.22. The summed E-state index contributed by atoms with van der Waals surface area (Å²) in [6, 6.07) is 6.56. The minimum atomic E-state index is 0.670. The molecular weight excluding hydrogens is 356 g/mol. The van der Waals surface area contributed by atoms with Crippen LogP contribution in [0.3, 0.4) is 0 Å². The molecule has 1 aromatic carbocycles. The van der Waals surface area contributed by atoms with Crippen LogP contribution in [0.1, 0.15) is 40.7 Å². The predicted molar refractivity (Wildman–Crippen MR) is 120 cm³/mol. The molecule has 3 aromatic heterocycles. The zero-order valence-electron chi connectivity index (χ0n) is 18.0. The summed E-state index contributed by atoms with van der Waals surface area (Å²) in [4.78, 5) is 4.99. The van der Waals surface area contributed by atoms with E-state index in [2.05, 4.69) is 75.8 Å². The monoisotopic (exact) mass is 382 g/mol. The Labute approximate surface area is 171 Å². The van der Waals surface area contributed by atoms with Crippen molar-refractivity contribution in [3.8, 4) is 23.0 Å². The van der Waals surface area contributed by atoms with Gasteiger partial charge in [-0.1, -0.05) is 29.7 Å². The zero-order chi connectivity index (χ0) is 20.9. The van der Waals surface area contributed by atoms with Crippen molar-refractivity contribution < 1.29 is 0 Å². The standard InChI is InChI=1S/C25H26N4/c1-8-10-20-14-21-18(6)26-24-23(22-16(4)12-15(3)13-17(22)5)19(7)27-29(24)25(21)28(20)11-9-2/h9,12-14H,2,11H2,1,3-7H3. The van der Waals surface area contributed by atoms with Gasteiger partial charge in [0.2, 0.25) is 0 Å². The first-order valence-electron chi connectivity index (χ1n) is 9.88. The number of fused-ring (bicyclic) bond motifs is 3. The van der Waals surface area contributed by atoms with Crippen LogP contribution in [-0.2, 0) is 6.54 Å². The lowest BCUT2D eigenvalue weighted by molar-refractivity contribution is 0.805. The van der Waals surface area contributed by atoms with Gasteiger partial charge >= 0.3 is 0 Å². The van der Waals surface area contributed by atoms with Crippen molar-refractivity contribution in [1.82, 2.24) is 19.2 Å². The fourth-order valence-electron chi connectivity index (χ4n) is 4.43. The number of aromatic nitrogens is 4. The van der Waals surface area contributed by atoms with Gasteiger partial charge in [0.25, 0.3) is 0 Å². The molecule has 0 radical (unpaired) electrons. The van der Waals surface area contributed by atoms with Gasteiger partial charge in [0.1, 0.15) is 5.65 Å². The number of rotatable bonds is 3. The minimum absolute atomic E-state index is 0.670. The van der Waals surface area contributed by atoms with Crippen LogP contribution in [-0.4, -0.2) is 19.2 Å². The Morgan fingerprint density at radius 1 is 1.00 bits per heavy atom. The Kier molecular flexibility index (Phi) is 4.55. The summed E-state index contributed by atoms with van der Waals surface area (Å²) in [5, 5.41) is 6.00. The number of nitrogens with zero attached hydrogens (tertiary/aromatic N) is 4. The Hall–Kier alpha value is -3.32. The van der Waals surface area contributed by atoms with E-state index in [1.165, 1.54) is 22.3 Å². The number of hydrogen-bond acceptors (Lipinski definition) is 2. The quantitative estimate of drug-likeness (QED) is 0.349. The molecule has 0 saturated heterocycles. The summed E-state index contributed by atoms with van der Waals surface area (Å²) in [5.74, 6) is 6.23. The molecule has 4 heteroatoms. The van der Waals surface area contributed by atoms with Crippen LogP contribution in [0.4, 0.5) is 0 Å². The van der Waals surface area contributed by atoms with Gasteiger partial charge in [-0.05, 0) is 70.2 Å². The van der Waals surface area contributed by atoms with Gasteiger partial charge < -0.3 is 4.57 Å². The Bertz CT molecular complexity index is 1330. The van der Waals surface area contributed by atoms with Gasteiger partial charge in [-0.2, -0.15) is 9.61 Å². The van der Waals surface area contributed by atoms with Crippen LogP contribution in [0.25, 0.3) is 27.8 Å². The molecule has 0 aliphatic heterocycles. The molecule has 0 spiro atoms. The number of hydrogen-bond donors (Lipinski definition) is 0. The average Bonchev–Trinajstić information content (AvgIpc) is 3.15. The van der Waals surface area contributed by atoms with Gasteiger partial charge in [0, 0.05) is 11.9 Å². The van der Waals surface area contributed by atoms with E-state index in [4.69, 9.17) is 10.1 Å². The van der Waals surface area contributed by atoms with Gasteiger partial charge in [-0.15, -0.1) is 6.58 Å². The molecule has 0 aliphatic rings. The molecule has 0 atom stereocenters. The van der Waals surface area contributed by atoms with E-state index >= 15 is 0 Å². The molecule has 0 unspecified atom stereocenters. The lowest BCUT2D eigenvalue weighted by Gasteiger charge is -2.12. The second kappa shape index (κ2) is 6.93. The summed E-state index contributed by atoms with van der Waals surface area (Å²) in [6.07, 6.45) is 1.90. The number of benzene rings is 1. The third-order valence-corrected chi connectivity index (χ3v) is 5.46. The number of allylic oxidation sites excluding steroid dienone is 1. The Morgan fingerprint density at radius 2 is 1.69 bits per heavy atom. The van der Waals surface area contributed by atoms with Gasteiger partial charge in [0.05, 0.1) is 22.6 Å². The van der Waals surface area contributed by atoms with Crippen molar-refractivity contribution in [2.45, 2.75) is 48.1 Å². The molecule has 29 heavy (non-hydrogen) atoms. The minimum Gasteiger partial charge on any atom is -0.315 e. The lowest BCUT2D eigenvalue weighted by Crippen LogP contribution is -2.04. The molecule has 4 nitrogen and oxygen atoms in total. The maximum absolute atomic E-state index is 4.99. The summed E-state index contributed by atoms with van der Waals surface area (Å²) >= 11 is 0. The summed E-state index contributed by atoms with van der Waals surface area (Å²) in [6.45, 7) is 17.1. The first-order chi connectivity index (χ1) is 13.9. The molecule has 3 heterocycles. The van der Waals surface area contributed by atoms with Crippen LogP contribution in [0.2, 0.25) is 0 Å². The van der Waals surface area contributed by atoms with Crippen molar-refractivity contribution in [1.29, 1.82) is 0 Å². The van der Waals surface area contributed by atoms with Crippen LogP contribution >= 0.6 is 0 Å². The molecule has 0 bridgehead atoms. The number of aryl methyl sites for hydroxylation is 5. The molecule has 0 fully saturated rings. The predicted octanol–water partition coefficient (Wildman–Crippen LogP) is 5.45. The van der Waals surface area contributed by atoms with E-state index in [1.54, 1.807) is 0 Å². The van der Waals surface area contributed by atoms with Crippen LogP contribution < -0.4 is 0 Å². The summed E-state index contributed by atoms with van der Waals surface area (Å²) in [5.41, 5.74) is 10.9. The van der Waals surface area contributed by atoms with Crippen molar-refractivity contribution in [3.63, 3.8) is 0 Å². The lowest BCUT2D eigenvalue weighted by atomic mass is 9.94. The average molecular weight is 383 g/mol. The summed E-state index contributed by atoms with van der Waals surface area (Å²) < 4.78 is 4.15. The van der Waals surface area contributed by atoms with Gasteiger partial charge in [-0.3, -0.25) is 0 Å². The molecule has 4 rings (SSSR count). The zero-order valence-corrected chi connectivity index (χ0v) is 18.0. The molecule has 146 valence electrons. The van der Waals surface area contributed by atoms with Crippen molar-refractivity contribution in [2.75, 3.05) is 0 Å². The van der Waals surface area contributed by atoms with Crippen LogP contribution in [0.5, 0.6) is 0 Å². The highest BCUT2D eigenvalue weighted by atomic mass is 15.3. The highest BCUT2D eigenvalue weighted by Crippen LogP contribution is 2.35. The van der Waals surface area contributed by atoms with Crippen molar-refractivity contribution >= 4 is 16.7 Å². The second-order valence-electron chi connectivity index (χ2n) is 7.71. The topological polar surface area (TPSA) is 35.1 Å². The molecule has 0 aliphatic carbocycles. The maximum atomic E-state index is 4.99. The SMILES string of the molecule is C=CCn1c(C#CC)cc2c(C)nc3c(-c4c(C)cc(C)cc4C)c(C)nn3c21. The van der Waals surface area contributed by atoms with E-state index in [-0.39, 0.29) is 0 Å². The first-order valence-corrected chi connectivity index (χ1v) is 9.88. The molecule has 0 N–H and O–H groups in total. The van der Waals surface area contributed by atoms with E-state index in [1.807, 2.05) is 17.5 Å². The van der Waals surface area contributed by atoms with Crippen molar-refractivity contribution in [3.05, 3.63) is 64.6 Å². The Balaban J connectivity index is 2.17. The highest BCUT2D eigenvalue weighted by molar-refractivity contribution is 5.90. The third-order valence-electron chi connectivity index (χ3n) is 5.46. The fourth-order valence-corrected chi connectivity index (χ4v) is 4.43. The second-order valence-corrected chi connectivity index (χ2v) is 7.71. The van der Waals surface area contributed by atoms with E-state index in [9.17, 15) is 0 Å². The molecule has 4 aromatic rings. The Morgan fingerprint density at radius 3 is 2.31 bits per heavy atom. The molecule has 0 saturated carbocycles. The normalized spacial score (nSPS) is 11.1. The smallest absolute Gasteiger partial charge is 0.165 e. The first kappa shape index (κ1) is 19.0. The van der Waals surface area contributed by atoms with Crippen molar-refractivity contribution in [2.24, 2.45) is 0 Å². The third kappa shape index (κ3) is 2.86. The van der Waals surface area contributed by atoms with Gasteiger partial charge in [0.15, 0.2) is 5.65 Å². The van der Waals surface area contributed by atoms with Crippen LogP contribution in [0, 0.1) is 46.5 Å². The molecule has 0 amide bonds. The fraction of sp³-hybridized carbons (Fsp3) is 0.280. The van der Waals surface area contributed by atoms with E-state index in [0.717, 1.165) is 39.3 Å². The maximum Gasteiger partial charge on any atom is 0.165 e. The molecular formula is C25H26N4. The van der Waals surface area contributed by atoms with E-state index < -0.39 is 0 Å². The summed E-state index contributed by atoms with van der Waals surface area (Å²) in [7, 11) is 0. The largest absolute Gasteiger partial charge is 0.315 e. The van der Waals surface area contributed by atoms with Crippen LogP contribution in [0.15, 0.2) is 30.9 Å².